The zero-order valence-corrected chi connectivity index (χ0v) is 22.9. The molecule has 2 bridgehead atoms. The number of nitrogens with zero attached hydrogens (tertiary/aromatic N) is 2. The van der Waals surface area contributed by atoms with Crippen molar-refractivity contribution in [1.82, 2.24) is 9.97 Å². The number of fused-ring (bicyclic) bond motifs is 2. The molecule has 0 spiro atoms. The molecule has 1 aliphatic carbocycles. The Balaban J connectivity index is 1.49. The zero-order valence-electron chi connectivity index (χ0n) is 22.9. The van der Waals surface area contributed by atoms with Crippen LogP contribution in [0.2, 0.25) is 0 Å². The molecule has 2 aliphatic heterocycles. The highest BCUT2D eigenvalue weighted by Crippen LogP contribution is 2.54. The minimum Gasteiger partial charge on any atom is -0.382 e. The second kappa shape index (κ2) is 10.3. The van der Waals surface area contributed by atoms with E-state index in [0.717, 1.165) is 56.2 Å². The van der Waals surface area contributed by atoms with Crippen LogP contribution in [0.15, 0.2) is 30.5 Å². The molecule has 38 heavy (non-hydrogen) atoms. The molecule has 202 valence electrons. The predicted octanol–water partition coefficient (Wildman–Crippen LogP) is 5.59. The number of H-pyrrole nitrogens is 1. The summed E-state index contributed by atoms with van der Waals surface area (Å²) in [5, 5.41) is 12.1. The molecule has 1 amide bonds. The smallest absolute Gasteiger partial charge is 0.291 e. The number of aromatic nitrogens is 2. The maximum absolute atomic E-state index is 13.0. The Labute approximate surface area is 224 Å². The van der Waals surface area contributed by atoms with Crippen LogP contribution in [0, 0.1) is 16.7 Å². The van der Waals surface area contributed by atoms with Gasteiger partial charge >= 0.3 is 0 Å². The number of hydrogen-bond donors (Lipinski definition) is 2. The lowest BCUT2D eigenvalue weighted by Crippen LogP contribution is -2.48. The van der Waals surface area contributed by atoms with Gasteiger partial charge in [-0.3, -0.25) is 4.79 Å². The monoisotopic (exact) mass is 518 g/mol. The fourth-order valence-electron chi connectivity index (χ4n) is 6.55. The largest absolute Gasteiger partial charge is 0.382 e. The van der Waals surface area contributed by atoms with Gasteiger partial charge in [0.25, 0.3) is 5.91 Å². The molecule has 0 radical (unpaired) electrons. The zero-order chi connectivity index (χ0) is 27.0. The molecule has 1 aromatic carbocycles. The van der Waals surface area contributed by atoms with Crippen LogP contribution in [0.5, 0.6) is 0 Å². The molecular formula is C30H38N4O4. The van der Waals surface area contributed by atoms with Crippen molar-refractivity contribution in [3.8, 4) is 6.07 Å². The van der Waals surface area contributed by atoms with Crippen LogP contribution in [-0.2, 0) is 14.2 Å². The van der Waals surface area contributed by atoms with E-state index in [4.69, 9.17) is 19.5 Å². The van der Waals surface area contributed by atoms with Crippen molar-refractivity contribution in [3.05, 3.63) is 53.1 Å². The van der Waals surface area contributed by atoms with Crippen LogP contribution in [0.25, 0.3) is 5.57 Å². The number of aromatic amines is 1. The number of carbonyl (C=O) groups is 1. The van der Waals surface area contributed by atoms with Gasteiger partial charge in [0.15, 0.2) is 11.5 Å². The van der Waals surface area contributed by atoms with Crippen molar-refractivity contribution in [2.24, 2.45) is 5.41 Å². The highest BCUT2D eigenvalue weighted by Gasteiger charge is 2.55. The van der Waals surface area contributed by atoms with Gasteiger partial charge in [-0.2, -0.15) is 5.26 Å². The van der Waals surface area contributed by atoms with Gasteiger partial charge in [0.1, 0.15) is 6.07 Å². The average Bonchev–Trinajstić information content (AvgIpc) is 3.47. The molecular weight excluding hydrogens is 480 g/mol. The standard InChI is InChI=1S/C30H38N4O4/c1-28(2)9-7-20(8-10-28)24-13-21(5-6-25(24)34-27(35)26-32-17-23(16-31)33-26)22-14-29(18-36-3)11-12-30(15-22,38-29)19-37-4/h5-7,13,17,22H,8-12,14-15,18-19H2,1-4H3,(H,32,33)(H,34,35)/t22-,29-,30+. The Hall–Kier alpha value is -2.99. The number of ether oxygens (including phenoxy) is 3. The second-order valence-corrected chi connectivity index (χ2v) is 12.0. The number of hydrogen-bond acceptors (Lipinski definition) is 6. The van der Waals surface area contributed by atoms with Crippen LogP contribution < -0.4 is 5.32 Å². The summed E-state index contributed by atoms with van der Waals surface area (Å²) in [4.78, 5) is 19.9. The van der Waals surface area contributed by atoms with Gasteiger partial charge in [-0.05, 0) is 79.5 Å². The first-order valence-electron chi connectivity index (χ1n) is 13.5. The first-order valence-corrected chi connectivity index (χ1v) is 13.5. The van der Waals surface area contributed by atoms with E-state index >= 15 is 0 Å². The van der Waals surface area contributed by atoms with E-state index in [0.29, 0.717) is 19.1 Å². The molecule has 2 saturated heterocycles. The molecule has 8 heteroatoms. The van der Waals surface area contributed by atoms with Crippen LogP contribution in [-0.4, -0.2) is 54.5 Å². The van der Waals surface area contributed by atoms with Gasteiger partial charge in [0.05, 0.1) is 24.4 Å². The van der Waals surface area contributed by atoms with Gasteiger partial charge in [0.2, 0.25) is 0 Å². The molecule has 1 aromatic heterocycles. The molecule has 8 nitrogen and oxygen atoms in total. The lowest BCUT2D eigenvalue weighted by Gasteiger charge is -2.44. The summed E-state index contributed by atoms with van der Waals surface area (Å²) >= 11 is 0. The maximum Gasteiger partial charge on any atom is 0.291 e. The molecule has 0 unspecified atom stereocenters. The first-order chi connectivity index (χ1) is 18.2. The van der Waals surface area contributed by atoms with Gasteiger partial charge in [-0.15, -0.1) is 0 Å². The van der Waals surface area contributed by atoms with Crippen molar-refractivity contribution < 1.29 is 19.0 Å². The molecule has 5 rings (SSSR count). The van der Waals surface area contributed by atoms with Crippen molar-refractivity contribution in [2.45, 2.75) is 75.9 Å². The molecule has 3 aliphatic rings. The molecule has 2 aromatic rings. The summed E-state index contributed by atoms with van der Waals surface area (Å²) in [5.74, 6) is 0.0581. The van der Waals surface area contributed by atoms with Crippen LogP contribution >= 0.6 is 0 Å². The van der Waals surface area contributed by atoms with Crippen molar-refractivity contribution in [1.29, 1.82) is 5.26 Å². The van der Waals surface area contributed by atoms with E-state index in [9.17, 15) is 4.79 Å². The summed E-state index contributed by atoms with van der Waals surface area (Å²) in [6.07, 6.45) is 10.5. The minimum absolute atomic E-state index is 0.124. The molecule has 3 atom stereocenters. The predicted molar refractivity (Wildman–Crippen MR) is 145 cm³/mol. The average molecular weight is 519 g/mol. The summed E-state index contributed by atoms with van der Waals surface area (Å²) < 4.78 is 17.9. The number of nitrogens with one attached hydrogen (secondary N) is 2. The van der Waals surface area contributed by atoms with Gasteiger partial charge in [-0.1, -0.05) is 26.0 Å². The molecule has 2 N–H and O–H groups in total. The van der Waals surface area contributed by atoms with Gasteiger partial charge < -0.3 is 24.5 Å². The van der Waals surface area contributed by atoms with E-state index in [2.05, 4.69) is 47.3 Å². The number of amides is 1. The number of anilines is 1. The van der Waals surface area contributed by atoms with Crippen LogP contribution in [0.1, 0.15) is 92.2 Å². The highest BCUT2D eigenvalue weighted by atomic mass is 16.6. The molecule has 3 heterocycles. The van der Waals surface area contributed by atoms with Gasteiger partial charge in [0, 0.05) is 31.7 Å². The third kappa shape index (κ3) is 5.28. The van der Waals surface area contributed by atoms with Crippen molar-refractivity contribution >= 4 is 17.2 Å². The van der Waals surface area contributed by atoms with E-state index in [-0.39, 0.29) is 34.0 Å². The van der Waals surface area contributed by atoms with Crippen molar-refractivity contribution in [2.75, 3.05) is 32.8 Å². The summed E-state index contributed by atoms with van der Waals surface area (Å²) in [6.45, 7) is 5.74. The second-order valence-electron chi connectivity index (χ2n) is 12.0. The summed E-state index contributed by atoms with van der Waals surface area (Å²) in [5.41, 5.74) is 4.18. The normalized spacial score (nSPS) is 28.0. The third-order valence-electron chi connectivity index (χ3n) is 8.51. The van der Waals surface area contributed by atoms with Gasteiger partial charge in [-0.25, -0.2) is 4.98 Å². The number of imidazole rings is 1. The summed E-state index contributed by atoms with van der Waals surface area (Å²) in [6, 6.07) is 8.37. The Morgan fingerprint density at radius 2 is 1.89 bits per heavy atom. The van der Waals surface area contributed by atoms with E-state index < -0.39 is 0 Å². The topological polar surface area (TPSA) is 109 Å². The van der Waals surface area contributed by atoms with Crippen LogP contribution in [0.4, 0.5) is 5.69 Å². The number of nitriles is 1. The quantitative estimate of drug-likeness (QED) is 0.472. The Morgan fingerprint density at radius 1 is 1.18 bits per heavy atom. The van der Waals surface area contributed by atoms with Crippen molar-refractivity contribution in [3.63, 3.8) is 0 Å². The SMILES string of the molecule is COC[C@@]12CC[C@@](COC)(C[C@H](c3ccc(NC(=O)c4nc(C#N)c[nH]4)c(C4=CCC(C)(C)CC4)c3)C1)O2. The highest BCUT2D eigenvalue weighted by molar-refractivity contribution is 6.03. The number of benzene rings is 1. The maximum atomic E-state index is 13.0. The Morgan fingerprint density at radius 3 is 2.47 bits per heavy atom. The number of allylic oxidation sites excluding steroid dienone is 2. The van der Waals surface area contributed by atoms with Crippen LogP contribution in [0.3, 0.4) is 0 Å². The summed E-state index contributed by atoms with van der Waals surface area (Å²) in [7, 11) is 3.48. The number of methoxy groups -OCH3 is 2. The Kier molecular flexibility index (Phi) is 7.21. The fourth-order valence-corrected chi connectivity index (χ4v) is 6.55. The number of carbonyl (C=O) groups excluding carboxylic acids is 1. The lowest BCUT2D eigenvalue weighted by atomic mass is 9.75. The minimum atomic E-state index is -0.362. The van der Waals surface area contributed by atoms with E-state index in [1.807, 2.05) is 12.1 Å². The lowest BCUT2D eigenvalue weighted by molar-refractivity contribution is -0.184. The fraction of sp³-hybridized carbons (Fsp3) is 0.567. The molecule has 0 saturated carbocycles. The third-order valence-corrected chi connectivity index (χ3v) is 8.51. The Bertz CT molecular complexity index is 1250. The van der Waals surface area contributed by atoms with E-state index in [1.165, 1.54) is 17.3 Å². The first kappa shape index (κ1) is 26.6. The molecule has 2 fully saturated rings. The number of rotatable bonds is 8. The van der Waals surface area contributed by atoms with E-state index in [1.54, 1.807) is 14.2 Å².